The van der Waals surface area contributed by atoms with Crippen molar-refractivity contribution in [3.8, 4) is 17.2 Å². The third kappa shape index (κ3) is 11.1. The second kappa shape index (κ2) is 16.3. The molecule has 0 unspecified atom stereocenters. The topological polar surface area (TPSA) is 86.7 Å². The third-order valence-corrected chi connectivity index (χ3v) is 6.29. The Hall–Kier alpha value is -0.414. The van der Waals surface area contributed by atoms with Crippen molar-refractivity contribution in [3.63, 3.8) is 0 Å². The van der Waals surface area contributed by atoms with Gasteiger partial charge in [0.2, 0.25) is 0 Å². The maximum atomic E-state index is 12.2. The molecule has 0 fully saturated rings. The third-order valence-electron chi connectivity index (χ3n) is 5.42. The number of rotatable bonds is 15. The standard InChI is InChI=1S/C25H36O5S.K/c1-2-3-4-5-6-7-8-9-10-11-12-15-21-16-13-17-22(20-21)30-23-18-14-19-24(25(23)26)31(27,28)29;/h13-14,16-20,26H,2-12,15H2,1H3,(H,27,28,29);/q;+1/p-1. The van der Waals surface area contributed by atoms with Crippen molar-refractivity contribution in [2.24, 2.45) is 0 Å². The molecule has 0 heterocycles. The molecule has 0 saturated carbocycles. The Labute approximate surface area is 236 Å². The minimum atomic E-state index is -4.58. The normalized spacial score (nSPS) is 11.2. The van der Waals surface area contributed by atoms with Crippen molar-refractivity contribution >= 4 is 10.1 Å². The van der Waals surface area contributed by atoms with Crippen LogP contribution in [-0.2, 0) is 16.5 Å². The Morgan fingerprint density at radius 3 is 2.00 bits per heavy atom. The van der Waals surface area contributed by atoms with Crippen molar-refractivity contribution in [2.45, 2.75) is 88.9 Å². The molecule has 5 nitrogen and oxygen atoms in total. The van der Waals surface area contributed by atoms with Crippen LogP contribution in [0.15, 0.2) is 47.4 Å². The average Bonchev–Trinajstić information content (AvgIpc) is 2.73. The molecule has 0 aliphatic carbocycles. The van der Waals surface area contributed by atoms with E-state index in [-0.39, 0.29) is 57.1 Å². The van der Waals surface area contributed by atoms with Crippen molar-refractivity contribution in [3.05, 3.63) is 48.0 Å². The van der Waals surface area contributed by atoms with E-state index >= 15 is 0 Å². The van der Waals surface area contributed by atoms with E-state index in [1.807, 2.05) is 18.2 Å². The van der Waals surface area contributed by atoms with Gasteiger partial charge in [0.25, 0.3) is 10.1 Å². The largest absolute Gasteiger partial charge is 1.00 e. The van der Waals surface area contributed by atoms with Crippen LogP contribution < -0.4 is 61.2 Å². The van der Waals surface area contributed by atoms with E-state index in [4.69, 9.17) is 9.29 Å². The van der Waals surface area contributed by atoms with Gasteiger partial charge in [0.15, 0.2) is 0 Å². The van der Waals surface area contributed by atoms with Gasteiger partial charge >= 0.3 is 51.4 Å². The molecule has 0 spiro atoms. The van der Waals surface area contributed by atoms with Crippen LogP contribution in [0.3, 0.4) is 0 Å². The van der Waals surface area contributed by atoms with Crippen LogP contribution in [0.1, 0.15) is 83.1 Å². The molecule has 0 aromatic heterocycles. The van der Waals surface area contributed by atoms with Gasteiger partial charge in [0.1, 0.15) is 11.5 Å². The summed E-state index contributed by atoms with van der Waals surface area (Å²) in [6.07, 6.45) is 15.2. The minimum absolute atomic E-state index is 0. The van der Waals surface area contributed by atoms with Crippen LogP contribution >= 0.6 is 0 Å². The van der Waals surface area contributed by atoms with Gasteiger partial charge in [0, 0.05) is 0 Å². The average molecular weight is 487 g/mol. The Balaban J connectivity index is 0.00000512. The van der Waals surface area contributed by atoms with E-state index in [9.17, 15) is 13.5 Å². The molecular weight excluding hydrogens is 451 g/mol. The van der Waals surface area contributed by atoms with Crippen LogP contribution in [0.2, 0.25) is 0 Å². The Kier molecular flexibility index (Phi) is 15.0. The van der Waals surface area contributed by atoms with Crippen LogP contribution in [0.25, 0.3) is 0 Å². The number of ether oxygens (including phenoxy) is 1. The maximum absolute atomic E-state index is 12.2. The molecular formula is C25H35KO5S. The molecule has 1 N–H and O–H groups in total. The summed E-state index contributed by atoms with van der Waals surface area (Å²) in [5.41, 5.74) is 1.12. The van der Waals surface area contributed by atoms with E-state index in [1.165, 1.54) is 76.3 Å². The van der Waals surface area contributed by atoms with Crippen LogP contribution in [0.5, 0.6) is 17.2 Å². The van der Waals surface area contributed by atoms with Gasteiger partial charge in [-0.05, 0) is 48.4 Å². The van der Waals surface area contributed by atoms with Gasteiger partial charge in [-0.15, -0.1) is 0 Å². The molecule has 7 heteroatoms. The minimum Gasteiger partial charge on any atom is -0.869 e. The fraction of sp³-hybridized carbons (Fsp3) is 0.520. The van der Waals surface area contributed by atoms with Crippen molar-refractivity contribution < 1.29 is 74.2 Å². The van der Waals surface area contributed by atoms with Gasteiger partial charge in [-0.2, -0.15) is 8.42 Å². The summed E-state index contributed by atoms with van der Waals surface area (Å²) in [6.45, 7) is 2.25. The first kappa shape index (κ1) is 29.6. The molecule has 0 aliphatic rings. The molecule has 0 bridgehead atoms. The second-order valence-corrected chi connectivity index (χ2v) is 9.48. The van der Waals surface area contributed by atoms with E-state index < -0.39 is 20.8 Å². The first-order valence-electron chi connectivity index (χ1n) is 11.5. The van der Waals surface area contributed by atoms with E-state index in [0.717, 1.165) is 24.5 Å². The van der Waals surface area contributed by atoms with Crippen molar-refractivity contribution in [2.75, 3.05) is 0 Å². The van der Waals surface area contributed by atoms with Gasteiger partial charge in [-0.3, -0.25) is 4.55 Å². The number of hydrogen-bond acceptors (Lipinski definition) is 4. The summed E-state index contributed by atoms with van der Waals surface area (Å²) in [5, 5.41) is 12.2. The molecule has 0 saturated heterocycles. The van der Waals surface area contributed by atoms with Crippen molar-refractivity contribution in [1.29, 1.82) is 0 Å². The van der Waals surface area contributed by atoms with E-state index in [0.29, 0.717) is 5.75 Å². The van der Waals surface area contributed by atoms with E-state index in [2.05, 4.69) is 6.92 Å². The molecule has 172 valence electrons. The molecule has 2 aromatic rings. The molecule has 0 atom stereocenters. The summed E-state index contributed by atoms with van der Waals surface area (Å²) < 4.78 is 37.3. The summed E-state index contributed by atoms with van der Waals surface area (Å²) >= 11 is 0. The fourth-order valence-corrected chi connectivity index (χ4v) is 4.25. The number of para-hydroxylation sites is 1. The molecule has 2 aromatic carbocycles. The number of aryl methyl sites for hydroxylation is 1. The SMILES string of the molecule is CCCCCCCCCCCCCc1cccc(Oc2cccc(S(=O)(=O)O)c2[O-])c1.[K+]. The number of unbranched alkanes of at least 4 members (excludes halogenated alkanes) is 10. The smallest absolute Gasteiger partial charge is 0.869 e. The van der Waals surface area contributed by atoms with Gasteiger partial charge in [0.05, 0.1) is 4.90 Å². The molecule has 0 aliphatic heterocycles. The van der Waals surface area contributed by atoms with Crippen LogP contribution in [0, 0.1) is 0 Å². The zero-order chi connectivity index (χ0) is 22.5. The fourth-order valence-electron chi connectivity index (χ4n) is 3.66. The zero-order valence-corrected chi connectivity index (χ0v) is 23.5. The van der Waals surface area contributed by atoms with Crippen LogP contribution in [0.4, 0.5) is 0 Å². The summed E-state index contributed by atoms with van der Waals surface area (Å²) in [5.74, 6) is -0.493. The van der Waals surface area contributed by atoms with E-state index in [1.54, 1.807) is 6.07 Å². The zero-order valence-electron chi connectivity index (χ0n) is 19.5. The summed E-state index contributed by atoms with van der Waals surface area (Å²) in [6, 6.07) is 11.3. The van der Waals surface area contributed by atoms with Crippen LogP contribution in [-0.4, -0.2) is 13.0 Å². The van der Waals surface area contributed by atoms with Gasteiger partial charge in [-0.25, -0.2) is 0 Å². The quantitative estimate of drug-likeness (QED) is 0.236. The van der Waals surface area contributed by atoms with Gasteiger partial charge in [-0.1, -0.05) is 89.3 Å². The Morgan fingerprint density at radius 1 is 0.844 bits per heavy atom. The summed E-state index contributed by atoms with van der Waals surface area (Å²) in [7, 11) is -4.58. The number of benzene rings is 2. The Morgan fingerprint density at radius 2 is 1.41 bits per heavy atom. The molecule has 32 heavy (non-hydrogen) atoms. The second-order valence-electron chi connectivity index (χ2n) is 8.09. The Bertz CT molecular complexity index is 899. The predicted molar refractivity (Wildman–Crippen MR) is 122 cm³/mol. The predicted octanol–water partition coefficient (Wildman–Crippen LogP) is 3.66. The first-order valence-corrected chi connectivity index (χ1v) is 12.9. The molecule has 0 amide bonds. The molecule has 2 rings (SSSR count). The summed E-state index contributed by atoms with van der Waals surface area (Å²) in [4.78, 5) is -0.679. The number of hydrogen-bond donors (Lipinski definition) is 1. The maximum Gasteiger partial charge on any atom is 1.00 e. The van der Waals surface area contributed by atoms with Gasteiger partial charge < -0.3 is 9.84 Å². The first-order chi connectivity index (χ1) is 14.9. The molecule has 0 radical (unpaired) electrons. The monoisotopic (exact) mass is 486 g/mol. The van der Waals surface area contributed by atoms with Crippen molar-refractivity contribution in [1.82, 2.24) is 0 Å².